The molecule has 3 aliphatic heterocycles. The average molecular weight is 1220 g/mol. The number of aliphatic hydroxyl groups is 1. The Morgan fingerprint density at radius 1 is 0.663 bits per heavy atom. The Hall–Kier alpha value is -6.01. The third kappa shape index (κ3) is 18.2. The van der Waals surface area contributed by atoms with Crippen molar-refractivity contribution >= 4 is 97.7 Å². The van der Waals surface area contributed by atoms with Gasteiger partial charge in [-0.2, -0.15) is 16.4 Å². The maximum atomic E-state index is 10.4. The number of thiophene rings is 2. The summed E-state index contributed by atoms with van der Waals surface area (Å²) in [5.74, 6) is 4.06. The Morgan fingerprint density at radius 2 is 1.14 bits per heavy atom. The van der Waals surface area contributed by atoms with E-state index in [4.69, 9.17) is 54.1 Å². The fraction of sp³-hybridized carbons (Fsp3) is 0.397. The summed E-state index contributed by atoms with van der Waals surface area (Å²) in [6.45, 7) is 26.1. The molecule has 1 atom stereocenters. The molecule has 83 heavy (non-hydrogen) atoms. The van der Waals surface area contributed by atoms with Gasteiger partial charge < -0.3 is 41.4 Å². The number of anilines is 2. The Bertz CT molecular complexity index is 3420. The number of aldehydes is 1. The number of nitrogens with one attached hydrogen (secondary N) is 1. The maximum absolute atomic E-state index is 10.4. The normalized spacial score (nSPS) is 14.7. The van der Waals surface area contributed by atoms with E-state index in [1.165, 1.54) is 55.9 Å². The summed E-state index contributed by atoms with van der Waals surface area (Å²) in [5.41, 5.74) is 6.23. The van der Waals surface area contributed by atoms with E-state index < -0.39 is 6.10 Å². The predicted octanol–water partition coefficient (Wildman–Crippen LogP) is 11.1. The average Bonchev–Trinajstić information content (AvgIpc) is 4.41. The minimum atomic E-state index is -0.663. The molecule has 434 valence electrons. The number of benzene rings is 2. The first-order valence-corrected chi connectivity index (χ1v) is 30.9. The zero-order chi connectivity index (χ0) is 58.2. The van der Waals surface area contributed by atoms with Crippen LogP contribution in [0.25, 0.3) is 63.6 Å². The first-order chi connectivity index (χ1) is 40.0. The summed E-state index contributed by atoms with van der Waals surface area (Å²) < 4.78 is 19.7. The van der Waals surface area contributed by atoms with Crippen LogP contribution < -0.4 is 43.5 Å². The number of ether oxygens (including phenoxy) is 3. The molecule has 3 saturated heterocycles. The number of hydrogen-bond acceptors (Lipinski definition) is 18. The SMILES string of the molecule is C/C=C/C=C/C(O)c1ccc(-c2nc(C)c3c(n2)sc2c(OCC)nc(N4CCNCC4)nc23)cc1.C/C=C/C=C/C=O.C1CCOC1.CCOc1nc(N2CCCCC2)nc2c1sc1nc(-c3ccc(Br)cc3)nc(C)c12.[CH2-]CCC.[Li+]. The van der Waals surface area contributed by atoms with Crippen molar-refractivity contribution in [1.82, 2.24) is 45.2 Å². The van der Waals surface area contributed by atoms with Crippen molar-refractivity contribution in [3.8, 4) is 34.5 Å². The Labute approximate surface area is 517 Å². The van der Waals surface area contributed by atoms with Gasteiger partial charge in [0, 0.05) is 68.1 Å². The van der Waals surface area contributed by atoms with Gasteiger partial charge in [-0.1, -0.05) is 108 Å². The van der Waals surface area contributed by atoms with E-state index in [1.807, 2.05) is 114 Å². The fourth-order valence-corrected chi connectivity index (χ4v) is 11.3. The molecular weight excluding hydrogens is 1140 g/mol. The van der Waals surface area contributed by atoms with Crippen LogP contribution in [-0.2, 0) is 9.53 Å². The van der Waals surface area contributed by atoms with E-state index in [9.17, 15) is 9.90 Å². The van der Waals surface area contributed by atoms with E-state index in [-0.39, 0.29) is 18.9 Å². The summed E-state index contributed by atoms with van der Waals surface area (Å²) >= 11 is 6.60. The number of piperazine rings is 1. The number of unbranched alkanes of at least 4 members (excludes halogenated alkanes) is 1. The van der Waals surface area contributed by atoms with Crippen LogP contribution in [-0.4, -0.2) is 117 Å². The monoisotopic (exact) mass is 1220 g/mol. The van der Waals surface area contributed by atoms with Crippen molar-refractivity contribution < 1.29 is 43.0 Å². The molecule has 0 amide bonds. The number of carbonyl (C=O) groups is 1. The molecule has 3 aliphatic rings. The fourth-order valence-electron chi connectivity index (χ4n) is 8.86. The number of carbonyl (C=O) groups excluding carboxylic acids is 1. The van der Waals surface area contributed by atoms with Gasteiger partial charge >= 0.3 is 18.9 Å². The van der Waals surface area contributed by atoms with Crippen LogP contribution in [0.1, 0.15) is 103 Å². The van der Waals surface area contributed by atoms with Gasteiger partial charge in [-0.05, 0) is 97.4 Å². The topological polar surface area (TPSA) is 187 Å². The standard InChI is InChI=1S/C27H30N6O2S.C22H22BrN5OS.C6H8O.C4H8O.C4H9.Li/c1-4-6-7-8-20(34)18-9-11-19(12-10-18)24-29-17(3)21-22-23(36-26(21)31-24)25(35-5-2)32-27(30-22)33-15-13-28-14-16-33;1-3-29-20-18-17(25-22(27-20)28-11-5-4-6-12-28)16-13(2)24-19(26-21(16)30-18)14-7-9-15(23)10-8-14;1-2-3-4-5-6-7;1-2-4-5-3-1;1-3-4-2;/h4,6-12,20,28,34H,5,13-16H2,1-3H3;7-10H,3-6,11-12H2,1-2H3;2-6H,1H3;1-4H2;1,3-4H2,2H3;/q;;;;-1;+1/b6-4+,8-7+;;3-2+,5-4+;;;. The number of nitrogens with zero attached hydrogens (tertiary/aromatic N) is 10. The van der Waals surface area contributed by atoms with Crippen molar-refractivity contribution in [3.63, 3.8) is 0 Å². The van der Waals surface area contributed by atoms with Gasteiger partial charge in [-0.25, -0.2) is 29.9 Å². The van der Waals surface area contributed by atoms with Crippen molar-refractivity contribution in [2.24, 2.45) is 0 Å². The zero-order valence-corrected chi connectivity index (χ0v) is 52.6. The second kappa shape index (κ2) is 34.7. The van der Waals surface area contributed by atoms with Gasteiger partial charge in [-0.15, -0.1) is 22.7 Å². The van der Waals surface area contributed by atoms with Crippen molar-refractivity contribution in [3.05, 3.63) is 125 Å². The van der Waals surface area contributed by atoms with E-state index in [1.54, 1.807) is 29.6 Å². The molecule has 1 unspecified atom stereocenters. The molecule has 6 aromatic heterocycles. The molecule has 11 rings (SSSR count). The number of aryl methyl sites for hydroxylation is 2. The molecule has 0 spiro atoms. The molecule has 0 bridgehead atoms. The zero-order valence-electron chi connectivity index (χ0n) is 49.4. The van der Waals surface area contributed by atoms with E-state index in [2.05, 4.69) is 44.9 Å². The van der Waals surface area contributed by atoms with Crippen molar-refractivity contribution in [2.45, 2.75) is 99.5 Å². The first kappa shape index (κ1) is 66.1. The molecule has 9 heterocycles. The third-order valence-electron chi connectivity index (χ3n) is 13.1. The molecule has 0 saturated carbocycles. The van der Waals surface area contributed by atoms with Crippen LogP contribution in [0, 0.1) is 20.8 Å². The van der Waals surface area contributed by atoms with Gasteiger partial charge in [0.15, 0.2) is 11.6 Å². The van der Waals surface area contributed by atoms with E-state index in [0.717, 1.165) is 150 Å². The molecule has 2 N–H and O–H groups in total. The van der Waals surface area contributed by atoms with Crippen LogP contribution >= 0.6 is 38.6 Å². The van der Waals surface area contributed by atoms with Crippen LogP contribution in [0.2, 0.25) is 0 Å². The Morgan fingerprint density at radius 3 is 1.59 bits per heavy atom. The van der Waals surface area contributed by atoms with Gasteiger partial charge in [0.1, 0.15) is 36.4 Å². The molecule has 16 nitrogen and oxygen atoms in total. The number of rotatable bonds is 14. The Kier molecular flexibility index (Phi) is 27.6. The number of allylic oxidation sites excluding steroid dienone is 7. The van der Waals surface area contributed by atoms with Crippen molar-refractivity contribution in [2.75, 3.05) is 75.5 Å². The van der Waals surface area contributed by atoms with Gasteiger partial charge in [-0.3, -0.25) is 4.79 Å². The Balaban J connectivity index is 0.000000210. The quantitative estimate of drug-likeness (QED) is 0.0344. The van der Waals surface area contributed by atoms with Crippen molar-refractivity contribution in [1.29, 1.82) is 0 Å². The molecule has 20 heteroatoms. The number of halogens is 1. The van der Waals surface area contributed by atoms with Crippen LogP contribution in [0.4, 0.5) is 11.9 Å². The van der Waals surface area contributed by atoms with E-state index in [0.29, 0.717) is 36.7 Å². The van der Waals surface area contributed by atoms with Crippen LogP contribution in [0.5, 0.6) is 11.8 Å². The summed E-state index contributed by atoms with van der Waals surface area (Å²) in [7, 11) is 0. The second-order valence-corrected chi connectivity index (χ2v) is 22.1. The molecule has 8 aromatic rings. The number of piperidine rings is 1. The molecule has 2 aromatic carbocycles. The van der Waals surface area contributed by atoms with Crippen LogP contribution in [0.3, 0.4) is 0 Å². The summed E-state index contributed by atoms with van der Waals surface area (Å²) in [6.07, 6.45) is 22.7. The minimum absolute atomic E-state index is 0. The molecule has 0 radical (unpaired) electrons. The maximum Gasteiger partial charge on any atom is 1.00 e. The predicted molar refractivity (Wildman–Crippen MR) is 342 cm³/mol. The number of fused-ring (bicyclic) bond motifs is 6. The minimum Gasteiger partial charge on any atom is -0.477 e. The number of aliphatic hydroxyl groups excluding tert-OH is 1. The first-order valence-electron chi connectivity index (χ1n) is 28.4. The summed E-state index contributed by atoms with van der Waals surface area (Å²) in [4.78, 5) is 54.7. The largest absolute Gasteiger partial charge is 1.00 e. The molecule has 3 fully saturated rings. The summed E-state index contributed by atoms with van der Waals surface area (Å²) in [5, 5.41) is 15.7. The van der Waals surface area contributed by atoms with Gasteiger partial charge in [0.05, 0.1) is 41.5 Å². The smallest absolute Gasteiger partial charge is 0.477 e. The second-order valence-electron chi connectivity index (χ2n) is 19.2. The van der Waals surface area contributed by atoms with Crippen LogP contribution in [0.15, 0.2) is 102 Å². The van der Waals surface area contributed by atoms with Gasteiger partial charge in [0.2, 0.25) is 23.7 Å². The third-order valence-corrected chi connectivity index (χ3v) is 15.8. The molecule has 0 aliphatic carbocycles. The number of hydrogen-bond donors (Lipinski definition) is 2. The summed E-state index contributed by atoms with van der Waals surface area (Å²) in [6, 6.07) is 15.8. The molecular formula is C63H77BrLiN11O5S2. The van der Waals surface area contributed by atoms with Gasteiger partial charge in [0.25, 0.3) is 0 Å². The number of aromatic nitrogens is 8. The van der Waals surface area contributed by atoms with E-state index >= 15 is 0 Å².